The molecule has 0 spiro atoms. The fourth-order valence-corrected chi connectivity index (χ4v) is 2.36. The number of hydrogen-bond acceptors (Lipinski definition) is 5. The number of carboxylic acid groups (broad SMARTS) is 1. The second-order valence-corrected chi connectivity index (χ2v) is 5.95. The molecule has 0 saturated carbocycles. The molecule has 9 nitrogen and oxygen atoms in total. The van der Waals surface area contributed by atoms with Crippen molar-refractivity contribution in [3.8, 4) is 0 Å². The first-order chi connectivity index (χ1) is 10.7. The minimum absolute atomic E-state index is 0.247. The number of primary amides is 1. The lowest BCUT2D eigenvalue weighted by molar-refractivity contribution is -0.144. The van der Waals surface area contributed by atoms with E-state index in [0.29, 0.717) is 6.42 Å². The molecule has 9 heteroatoms. The van der Waals surface area contributed by atoms with E-state index in [2.05, 4.69) is 16.0 Å². The quantitative estimate of drug-likeness (QED) is 0.359. The summed E-state index contributed by atoms with van der Waals surface area (Å²) in [7, 11) is 0. The van der Waals surface area contributed by atoms with Gasteiger partial charge in [-0.05, 0) is 25.3 Å². The summed E-state index contributed by atoms with van der Waals surface area (Å²) < 4.78 is 0. The molecule has 1 saturated heterocycles. The van der Waals surface area contributed by atoms with Crippen LogP contribution in [0.15, 0.2) is 0 Å². The maximum Gasteiger partial charge on any atom is 0.326 e. The number of carbonyl (C=O) groups is 4. The smallest absolute Gasteiger partial charge is 0.326 e. The Hall–Kier alpha value is -2.16. The highest BCUT2D eigenvalue weighted by Crippen LogP contribution is 2.08. The van der Waals surface area contributed by atoms with Crippen LogP contribution < -0.4 is 21.7 Å². The van der Waals surface area contributed by atoms with Crippen LogP contribution in [0.1, 0.15) is 33.1 Å². The summed E-state index contributed by atoms with van der Waals surface area (Å²) in [4.78, 5) is 46.3. The molecular formula is C14H24N4O5. The Labute approximate surface area is 134 Å². The highest BCUT2D eigenvalue weighted by Gasteiger charge is 2.31. The number of carboxylic acids is 1. The Morgan fingerprint density at radius 3 is 2.35 bits per heavy atom. The molecule has 1 rings (SSSR count). The molecule has 0 aromatic rings. The SMILES string of the molecule is CC(C)[C@H](NC(=O)[C@@H]1CCCN1)C(=O)N[C@@H](CC(N)=O)C(=O)O. The van der Waals surface area contributed by atoms with Crippen LogP contribution in [0, 0.1) is 5.92 Å². The van der Waals surface area contributed by atoms with Crippen molar-refractivity contribution in [3.63, 3.8) is 0 Å². The monoisotopic (exact) mass is 328 g/mol. The Morgan fingerprint density at radius 1 is 1.26 bits per heavy atom. The number of nitrogens with one attached hydrogen (secondary N) is 3. The highest BCUT2D eigenvalue weighted by molar-refractivity contribution is 5.93. The highest BCUT2D eigenvalue weighted by atomic mass is 16.4. The van der Waals surface area contributed by atoms with Crippen LogP contribution in [-0.2, 0) is 19.2 Å². The Balaban J connectivity index is 2.71. The summed E-state index contributed by atoms with van der Waals surface area (Å²) in [5.41, 5.74) is 4.97. The van der Waals surface area contributed by atoms with Gasteiger partial charge in [0.05, 0.1) is 12.5 Å². The molecule has 1 heterocycles. The van der Waals surface area contributed by atoms with Crippen molar-refractivity contribution in [3.05, 3.63) is 0 Å². The Morgan fingerprint density at radius 2 is 1.91 bits per heavy atom. The summed E-state index contributed by atoms with van der Waals surface area (Å²) in [6.45, 7) is 4.21. The maximum atomic E-state index is 12.3. The van der Waals surface area contributed by atoms with Crippen LogP contribution in [0.2, 0.25) is 0 Å². The van der Waals surface area contributed by atoms with Crippen molar-refractivity contribution in [1.29, 1.82) is 0 Å². The number of hydrogen-bond donors (Lipinski definition) is 5. The van der Waals surface area contributed by atoms with Crippen LogP contribution in [0.3, 0.4) is 0 Å². The van der Waals surface area contributed by atoms with Crippen molar-refractivity contribution < 1.29 is 24.3 Å². The molecule has 6 N–H and O–H groups in total. The van der Waals surface area contributed by atoms with Crippen molar-refractivity contribution in [2.24, 2.45) is 11.7 Å². The molecule has 0 radical (unpaired) electrons. The summed E-state index contributed by atoms with van der Waals surface area (Å²) in [5.74, 6) is -3.39. The molecule has 0 aliphatic carbocycles. The zero-order chi connectivity index (χ0) is 17.6. The molecule has 23 heavy (non-hydrogen) atoms. The molecule has 0 unspecified atom stereocenters. The zero-order valence-electron chi connectivity index (χ0n) is 13.3. The lowest BCUT2D eigenvalue weighted by Crippen LogP contribution is -2.56. The summed E-state index contributed by atoms with van der Waals surface area (Å²) in [6, 6.07) is -2.65. The Kier molecular flexibility index (Phi) is 6.95. The van der Waals surface area contributed by atoms with E-state index in [9.17, 15) is 19.2 Å². The fourth-order valence-electron chi connectivity index (χ4n) is 2.36. The number of aliphatic carboxylic acids is 1. The van der Waals surface area contributed by atoms with Gasteiger partial charge in [-0.15, -0.1) is 0 Å². The summed E-state index contributed by atoms with van der Waals surface area (Å²) in [6.07, 6.45) is 1.07. The molecule has 0 aromatic heterocycles. The first kappa shape index (κ1) is 18.9. The third-order valence-electron chi connectivity index (χ3n) is 3.64. The van der Waals surface area contributed by atoms with Gasteiger partial charge < -0.3 is 26.8 Å². The largest absolute Gasteiger partial charge is 0.480 e. The lowest BCUT2D eigenvalue weighted by atomic mass is 10.0. The number of nitrogens with two attached hydrogens (primary N) is 1. The summed E-state index contributed by atoms with van der Waals surface area (Å²) in [5, 5.41) is 16.9. The molecule has 130 valence electrons. The van der Waals surface area contributed by atoms with E-state index < -0.39 is 36.3 Å². The average molecular weight is 328 g/mol. The Bertz CT molecular complexity index is 474. The van der Waals surface area contributed by atoms with E-state index in [1.807, 2.05) is 0 Å². The van der Waals surface area contributed by atoms with Gasteiger partial charge >= 0.3 is 5.97 Å². The van der Waals surface area contributed by atoms with Crippen LogP contribution in [0.25, 0.3) is 0 Å². The molecule has 1 aliphatic heterocycles. The van der Waals surface area contributed by atoms with E-state index in [-0.39, 0.29) is 17.9 Å². The predicted octanol–water partition coefficient (Wildman–Crippen LogP) is -1.68. The van der Waals surface area contributed by atoms with E-state index in [4.69, 9.17) is 10.8 Å². The predicted molar refractivity (Wildman–Crippen MR) is 81.2 cm³/mol. The molecule has 3 amide bonds. The molecule has 1 fully saturated rings. The maximum absolute atomic E-state index is 12.3. The fraction of sp³-hybridized carbons (Fsp3) is 0.714. The number of carbonyl (C=O) groups excluding carboxylic acids is 3. The standard InChI is InChI=1S/C14H24N4O5/c1-7(2)11(18-12(20)8-4-3-5-16-8)13(21)17-9(14(22)23)6-10(15)19/h7-9,11,16H,3-6H2,1-2H3,(H2,15,19)(H,17,21)(H,18,20)(H,22,23)/t8-,9-,11-/m0/s1. The van der Waals surface area contributed by atoms with Gasteiger partial charge in [-0.1, -0.05) is 13.8 Å². The van der Waals surface area contributed by atoms with E-state index >= 15 is 0 Å². The molecular weight excluding hydrogens is 304 g/mol. The van der Waals surface area contributed by atoms with Gasteiger partial charge in [0.15, 0.2) is 0 Å². The van der Waals surface area contributed by atoms with Gasteiger partial charge in [0.1, 0.15) is 12.1 Å². The minimum Gasteiger partial charge on any atom is -0.480 e. The second kappa shape index (κ2) is 8.47. The average Bonchev–Trinajstić information content (AvgIpc) is 2.96. The van der Waals surface area contributed by atoms with Crippen molar-refractivity contribution in [1.82, 2.24) is 16.0 Å². The van der Waals surface area contributed by atoms with Gasteiger partial charge in [0.25, 0.3) is 0 Å². The molecule has 0 aromatic carbocycles. The van der Waals surface area contributed by atoms with Gasteiger partial charge in [0.2, 0.25) is 17.7 Å². The molecule has 0 bridgehead atoms. The molecule has 3 atom stereocenters. The minimum atomic E-state index is -1.41. The zero-order valence-corrected chi connectivity index (χ0v) is 13.3. The van der Waals surface area contributed by atoms with Crippen molar-refractivity contribution in [2.75, 3.05) is 6.54 Å². The van der Waals surface area contributed by atoms with Crippen molar-refractivity contribution in [2.45, 2.75) is 51.2 Å². The third-order valence-corrected chi connectivity index (χ3v) is 3.64. The number of rotatable bonds is 8. The first-order valence-corrected chi connectivity index (χ1v) is 7.57. The van der Waals surface area contributed by atoms with Gasteiger partial charge in [0, 0.05) is 0 Å². The number of amides is 3. The van der Waals surface area contributed by atoms with Gasteiger partial charge in [-0.3, -0.25) is 14.4 Å². The van der Waals surface area contributed by atoms with Crippen LogP contribution in [-0.4, -0.2) is 53.5 Å². The van der Waals surface area contributed by atoms with E-state index in [1.54, 1.807) is 13.8 Å². The van der Waals surface area contributed by atoms with Crippen LogP contribution in [0.4, 0.5) is 0 Å². The summed E-state index contributed by atoms with van der Waals surface area (Å²) >= 11 is 0. The lowest BCUT2D eigenvalue weighted by Gasteiger charge is -2.25. The van der Waals surface area contributed by atoms with E-state index in [1.165, 1.54) is 0 Å². The third kappa shape index (κ3) is 5.85. The topological polar surface area (TPSA) is 151 Å². The van der Waals surface area contributed by atoms with E-state index in [0.717, 1.165) is 13.0 Å². The molecule has 1 aliphatic rings. The normalized spacial score (nSPS) is 19.9. The van der Waals surface area contributed by atoms with Gasteiger partial charge in [-0.25, -0.2) is 4.79 Å². The van der Waals surface area contributed by atoms with Crippen molar-refractivity contribution >= 4 is 23.7 Å². The van der Waals surface area contributed by atoms with Crippen LogP contribution >= 0.6 is 0 Å². The van der Waals surface area contributed by atoms with Crippen LogP contribution in [0.5, 0.6) is 0 Å². The second-order valence-electron chi connectivity index (χ2n) is 5.95. The first-order valence-electron chi connectivity index (χ1n) is 7.57. The van der Waals surface area contributed by atoms with Gasteiger partial charge in [-0.2, -0.15) is 0 Å².